The van der Waals surface area contributed by atoms with Crippen LogP contribution in [0.15, 0.2) is 0 Å². The third-order valence-electron chi connectivity index (χ3n) is 4.05. The molecule has 7 nitrogen and oxygen atoms in total. The van der Waals surface area contributed by atoms with E-state index in [1.54, 1.807) is 0 Å². The van der Waals surface area contributed by atoms with Gasteiger partial charge in [0.25, 0.3) is 0 Å². The number of hydrogen-bond donors (Lipinski definition) is 4. The van der Waals surface area contributed by atoms with Crippen molar-refractivity contribution >= 4 is 17.8 Å². The van der Waals surface area contributed by atoms with E-state index in [0.717, 1.165) is 25.9 Å². The van der Waals surface area contributed by atoms with E-state index in [9.17, 15) is 14.4 Å². The summed E-state index contributed by atoms with van der Waals surface area (Å²) in [6.45, 7) is 3.53. The minimum Gasteiger partial charge on any atom is -0.480 e. The van der Waals surface area contributed by atoms with E-state index in [0.29, 0.717) is 12.8 Å². The van der Waals surface area contributed by atoms with Crippen LogP contribution in [0.5, 0.6) is 0 Å². The zero-order chi connectivity index (χ0) is 15.9. The van der Waals surface area contributed by atoms with Crippen molar-refractivity contribution in [1.82, 2.24) is 10.6 Å². The van der Waals surface area contributed by atoms with E-state index >= 15 is 0 Å². The van der Waals surface area contributed by atoms with Crippen LogP contribution in [0, 0.1) is 5.41 Å². The van der Waals surface area contributed by atoms with Crippen molar-refractivity contribution in [3.8, 4) is 0 Å². The highest BCUT2D eigenvalue weighted by Gasteiger charge is 2.40. The molecule has 0 saturated carbocycles. The molecule has 0 radical (unpaired) electrons. The van der Waals surface area contributed by atoms with Gasteiger partial charge < -0.3 is 21.5 Å². The lowest BCUT2D eigenvalue weighted by Crippen LogP contribution is -2.52. The summed E-state index contributed by atoms with van der Waals surface area (Å²) in [6.07, 6.45) is 2.98. The first-order valence-electron chi connectivity index (χ1n) is 7.44. The molecule has 0 unspecified atom stereocenters. The second kappa shape index (κ2) is 7.97. The number of amides is 2. The number of piperidine rings is 1. The molecule has 21 heavy (non-hydrogen) atoms. The normalized spacial score (nSPS) is 18.7. The van der Waals surface area contributed by atoms with E-state index in [1.165, 1.54) is 0 Å². The molecule has 2 amide bonds. The van der Waals surface area contributed by atoms with Gasteiger partial charge in [0.2, 0.25) is 11.8 Å². The quantitative estimate of drug-likeness (QED) is 0.502. The largest absolute Gasteiger partial charge is 0.480 e. The summed E-state index contributed by atoms with van der Waals surface area (Å²) < 4.78 is 0. The van der Waals surface area contributed by atoms with Crippen molar-refractivity contribution < 1.29 is 19.5 Å². The zero-order valence-corrected chi connectivity index (χ0v) is 12.5. The molecule has 1 rings (SSSR count). The second-order valence-corrected chi connectivity index (χ2v) is 5.65. The predicted octanol–water partition coefficient (Wildman–Crippen LogP) is -0.00880. The second-order valence-electron chi connectivity index (χ2n) is 5.65. The number of carbonyl (C=O) groups excluding carboxylic acids is 2. The van der Waals surface area contributed by atoms with Crippen LogP contribution >= 0.6 is 0 Å². The van der Waals surface area contributed by atoms with Crippen molar-refractivity contribution in [3.63, 3.8) is 0 Å². The Morgan fingerprint density at radius 2 is 1.95 bits per heavy atom. The molecule has 0 aliphatic carbocycles. The van der Waals surface area contributed by atoms with Crippen molar-refractivity contribution in [3.05, 3.63) is 0 Å². The highest BCUT2D eigenvalue weighted by Crippen LogP contribution is 2.34. The van der Waals surface area contributed by atoms with Gasteiger partial charge in [-0.25, -0.2) is 4.79 Å². The fourth-order valence-electron chi connectivity index (χ4n) is 2.83. The average Bonchev–Trinajstić information content (AvgIpc) is 2.43. The minimum atomic E-state index is -1.13. The Morgan fingerprint density at radius 3 is 2.43 bits per heavy atom. The van der Waals surface area contributed by atoms with Gasteiger partial charge in [-0.1, -0.05) is 13.3 Å². The van der Waals surface area contributed by atoms with Gasteiger partial charge in [-0.3, -0.25) is 9.59 Å². The number of nitrogens with two attached hydrogens (primary N) is 1. The number of nitrogens with one attached hydrogen (secondary N) is 2. The first-order valence-corrected chi connectivity index (χ1v) is 7.44. The highest BCUT2D eigenvalue weighted by atomic mass is 16.4. The maximum Gasteiger partial charge on any atom is 0.326 e. The Balaban J connectivity index is 2.72. The van der Waals surface area contributed by atoms with E-state index in [2.05, 4.69) is 10.6 Å². The molecule has 0 aromatic heterocycles. The van der Waals surface area contributed by atoms with Gasteiger partial charge in [0, 0.05) is 6.42 Å². The zero-order valence-electron chi connectivity index (χ0n) is 12.5. The van der Waals surface area contributed by atoms with Crippen LogP contribution in [0.2, 0.25) is 0 Å². The van der Waals surface area contributed by atoms with Gasteiger partial charge in [-0.2, -0.15) is 0 Å². The van der Waals surface area contributed by atoms with Gasteiger partial charge in [0.05, 0.1) is 5.41 Å². The monoisotopic (exact) mass is 299 g/mol. The average molecular weight is 299 g/mol. The topological polar surface area (TPSA) is 122 Å². The Labute approximate surface area is 124 Å². The SMILES string of the molecule is CCCC1(C(=O)N[C@H](CCC(N)=O)C(=O)O)CCNCC1. The Bertz CT molecular complexity index is 386. The number of hydrogen-bond acceptors (Lipinski definition) is 4. The third kappa shape index (κ3) is 5.00. The van der Waals surface area contributed by atoms with Gasteiger partial charge in [0.1, 0.15) is 6.04 Å². The summed E-state index contributed by atoms with van der Waals surface area (Å²) in [4.78, 5) is 34.6. The van der Waals surface area contributed by atoms with Gasteiger partial charge in [-0.05, 0) is 38.8 Å². The molecule has 120 valence electrons. The molecule has 1 atom stereocenters. The van der Waals surface area contributed by atoms with Crippen molar-refractivity contribution in [2.24, 2.45) is 11.1 Å². The first kappa shape index (κ1) is 17.4. The number of carbonyl (C=O) groups is 3. The van der Waals surface area contributed by atoms with Crippen molar-refractivity contribution in [2.75, 3.05) is 13.1 Å². The molecule has 0 spiro atoms. The summed E-state index contributed by atoms with van der Waals surface area (Å²) in [5, 5.41) is 15.0. The number of rotatable bonds is 8. The third-order valence-corrected chi connectivity index (χ3v) is 4.05. The maximum atomic E-state index is 12.6. The number of aliphatic carboxylic acids is 1. The molecule has 0 aromatic rings. The standard InChI is InChI=1S/C14H25N3O4/c1-2-5-14(6-8-16-9-7-14)13(21)17-10(12(19)20)3-4-11(15)18/h10,16H,2-9H2,1H3,(H2,15,18)(H,17,21)(H,19,20)/t10-/m1/s1. The molecule has 1 saturated heterocycles. The molecule has 0 aromatic carbocycles. The van der Waals surface area contributed by atoms with Crippen LogP contribution in [0.3, 0.4) is 0 Å². The summed E-state index contributed by atoms with van der Waals surface area (Å²) in [7, 11) is 0. The van der Waals surface area contributed by atoms with Crippen LogP contribution in [0.1, 0.15) is 45.4 Å². The minimum absolute atomic E-state index is 0.0247. The van der Waals surface area contributed by atoms with Crippen LogP contribution in [-0.4, -0.2) is 42.0 Å². The Hall–Kier alpha value is -1.63. The van der Waals surface area contributed by atoms with E-state index in [4.69, 9.17) is 10.8 Å². The van der Waals surface area contributed by atoms with Crippen LogP contribution in [0.25, 0.3) is 0 Å². The van der Waals surface area contributed by atoms with Crippen LogP contribution in [-0.2, 0) is 14.4 Å². The summed E-state index contributed by atoms with van der Waals surface area (Å²) >= 11 is 0. The number of carboxylic acids is 1. The molecular weight excluding hydrogens is 274 g/mol. The van der Waals surface area contributed by atoms with Crippen LogP contribution < -0.4 is 16.4 Å². The van der Waals surface area contributed by atoms with Gasteiger partial charge >= 0.3 is 5.97 Å². The lowest BCUT2D eigenvalue weighted by molar-refractivity contribution is -0.145. The smallest absolute Gasteiger partial charge is 0.326 e. The van der Waals surface area contributed by atoms with Crippen molar-refractivity contribution in [2.45, 2.75) is 51.5 Å². The lowest BCUT2D eigenvalue weighted by atomic mass is 9.74. The molecule has 1 aliphatic heterocycles. The maximum absolute atomic E-state index is 12.6. The first-order chi connectivity index (χ1) is 9.91. The number of carboxylic acid groups (broad SMARTS) is 1. The molecule has 1 heterocycles. The Kier molecular flexibility index (Phi) is 6.61. The summed E-state index contributed by atoms with van der Waals surface area (Å²) in [5.41, 5.74) is 4.54. The van der Waals surface area contributed by atoms with E-state index in [1.807, 2.05) is 6.92 Å². The van der Waals surface area contributed by atoms with Crippen molar-refractivity contribution in [1.29, 1.82) is 0 Å². The summed E-state index contributed by atoms with van der Waals surface area (Å²) in [5.74, 6) is -1.92. The van der Waals surface area contributed by atoms with Gasteiger partial charge in [0.15, 0.2) is 0 Å². The van der Waals surface area contributed by atoms with E-state index < -0.39 is 23.3 Å². The molecule has 1 aliphatic rings. The highest BCUT2D eigenvalue weighted by molar-refractivity contribution is 5.88. The number of primary amides is 1. The van der Waals surface area contributed by atoms with Gasteiger partial charge in [-0.15, -0.1) is 0 Å². The Morgan fingerprint density at radius 1 is 1.33 bits per heavy atom. The molecule has 0 bridgehead atoms. The molecule has 5 N–H and O–H groups in total. The fourth-order valence-corrected chi connectivity index (χ4v) is 2.83. The lowest BCUT2D eigenvalue weighted by Gasteiger charge is -2.37. The molecule has 7 heteroatoms. The summed E-state index contributed by atoms with van der Waals surface area (Å²) in [6, 6.07) is -1.06. The van der Waals surface area contributed by atoms with E-state index in [-0.39, 0.29) is 18.7 Å². The fraction of sp³-hybridized carbons (Fsp3) is 0.786. The molecular formula is C14H25N3O4. The molecule has 1 fully saturated rings. The van der Waals surface area contributed by atoms with Crippen LogP contribution in [0.4, 0.5) is 0 Å². The predicted molar refractivity (Wildman–Crippen MR) is 77.4 cm³/mol.